The third-order valence-corrected chi connectivity index (χ3v) is 4.11. The molecule has 3 aromatic carbocycles. The van der Waals surface area contributed by atoms with E-state index in [4.69, 9.17) is 4.74 Å². The van der Waals surface area contributed by atoms with E-state index in [-0.39, 0.29) is 11.2 Å². The lowest BCUT2D eigenvalue weighted by Gasteiger charge is -2.19. The third kappa shape index (κ3) is 4.16. The molecule has 0 spiro atoms. The first-order chi connectivity index (χ1) is 11.9. The summed E-state index contributed by atoms with van der Waals surface area (Å²) in [7, 11) is 0. The minimum absolute atomic E-state index is 0.0154. The molecule has 0 aliphatic rings. The summed E-state index contributed by atoms with van der Waals surface area (Å²) in [5.41, 5.74) is 2.73. The van der Waals surface area contributed by atoms with Crippen molar-refractivity contribution in [2.75, 3.05) is 0 Å². The second-order valence-corrected chi connectivity index (χ2v) is 7.10. The molecule has 0 saturated carbocycles. The van der Waals surface area contributed by atoms with Crippen LogP contribution in [-0.4, -0.2) is 5.78 Å². The minimum atomic E-state index is 0.0154. The summed E-state index contributed by atoms with van der Waals surface area (Å²) >= 11 is 0. The normalized spacial score (nSPS) is 11.2. The van der Waals surface area contributed by atoms with E-state index in [1.807, 2.05) is 54.6 Å². The highest BCUT2D eigenvalue weighted by molar-refractivity contribution is 6.08. The molecule has 25 heavy (non-hydrogen) atoms. The van der Waals surface area contributed by atoms with Gasteiger partial charge in [-0.25, -0.2) is 0 Å². The predicted molar refractivity (Wildman–Crippen MR) is 102 cm³/mol. The molecule has 0 aliphatic heterocycles. The Hall–Kier alpha value is -2.87. The van der Waals surface area contributed by atoms with Crippen molar-refractivity contribution in [2.24, 2.45) is 0 Å². The van der Waals surface area contributed by atoms with Crippen molar-refractivity contribution < 1.29 is 9.53 Å². The Morgan fingerprint density at radius 1 is 0.680 bits per heavy atom. The highest BCUT2D eigenvalue weighted by Crippen LogP contribution is 2.27. The van der Waals surface area contributed by atoms with E-state index >= 15 is 0 Å². The number of carbonyl (C=O) groups is 1. The largest absolute Gasteiger partial charge is 0.457 e. The fourth-order valence-corrected chi connectivity index (χ4v) is 2.59. The van der Waals surface area contributed by atoms with Crippen LogP contribution < -0.4 is 4.74 Å². The molecular weight excluding hydrogens is 308 g/mol. The van der Waals surface area contributed by atoms with Gasteiger partial charge in [0.15, 0.2) is 5.78 Å². The fraction of sp³-hybridized carbons (Fsp3) is 0.174. The van der Waals surface area contributed by atoms with Crippen molar-refractivity contribution in [1.29, 1.82) is 0 Å². The first kappa shape index (κ1) is 17.0. The van der Waals surface area contributed by atoms with Gasteiger partial charge < -0.3 is 4.74 Å². The molecule has 2 heteroatoms. The Morgan fingerprint density at radius 3 is 1.68 bits per heavy atom. The highest BCUT2D eigenvalue weighted by atomic mass is 16.5. The van der Waals surface area contributed by atoms with Crippen molar-refractivity contribution in [3.63, 3.8) is 0 Å². The molecule has 3 aromatic rings. The molecule has 0 radical (unpaired) electrons. The van der Waals surface area contributed by atoms with Gasteiger partial charge in [0.05, 0.1) is 0 Å². The van der Waals surface area contributed by atoms with Crippen LogP contribution in [0.4, 0.5) is 0 Å². The molecule has 2 nitrogen and oxygen atoms in total. The minimum Gasteiger partial charge on any atom is -0.457 e. The topological polar surface area (TPSA) is 26.3 Å². The van der Waals surface area contributed by atoms with Gasteiger partial charge in [-0.3, -0.25) is 4.79 Å². The average Bonchev–Trinajstić information content (AvgIpc) is 2.62. The lowest BCUT2D eigenvalue weighted by Crippen LogP contribution is -2.10. The van der Waals surface area contributed by atoms with Gasteiger partial charge in [0.2, 0.25) is 0 Å². The second-order valence-electron chi connectivity index (χ2n) is 7.10. The molecule has 0 fully saturated rings. The smallest absolute Gasteiger partial charge is 0.193 e. The molecule has 0 atom stereocenters. The van der Waals surface area contributed by atoms with Gasteiger partial charge in [-0.15, -0.1) is 0 Å². The van der Waals surface area contributed by atoms with Crippen LogP contribution in [0.1, 0.15) is 42.3 Å². The lowest BCUT2D eigenvalue weighted by molar-refractivity contribution is 0.103. The number of hydrogen-bond donors (Lipinski definition) is 0. The van der Waals surface area contributed by atoms with Gasteiger partial charge in [0.1, 0.15) is 11.5 Å². The van der Waals surface area contributed by atoms with E-state index in [2.05, 4.69) is 32.9 Å². The number of ketones is 1. The van der Waals surface area contributed by atoms with Crippen LogP contribution in [0.2, 0.25) is 0 Å². The van der Waals surface area contributed by atoms with E-state index in [0.29, 0.717) is 16.9 Å². The molecule has 0 heterocycles. The van der Waals surface area contributed by atoms with Crippen LogP contribution in [0.3, 0.4) is 0 Å². The van der Waals surface area contributed by atoms with E-state index in [0.717, 1.165) is 5.75 Å². The van der Waals surface area contributed by atoms with E-state index in [1.54, 1.807) is 12.1 Å². The van der Waals surface area contributed by atoms with Gasteiger partial charge in [0, 0.05) is 11.1 Å². The molecular formula is C23H22O2. The molecule has 0 N–H and O–H groups in total. The zero-order valence-corrected chi connectivity index (χ0v) is 14.8. The monoisotopic (exact) mass is 330 g/mol. The molecule has 0 unspecified atom stereocenters. The van der Waals surface area contributed by atoms with Crippen LogP contribution in [0.5, 0.6) is 11.5 Å². The zero-order valence-electron chi connectivity index (χ0n) is 14.8. The quantitative estimate of drug-likeness (QED) is 0.548. The standard InChI is InChI=1S/C23H22O2/c1-23(2,3)19-11-15-21(16-12-19)25-20-13-9-18(10-14-20)22(24)17-7-5-4-6-8-17/h4-16H,1-3H3. The Bertz CT molecular complexity index is 839. The van der Waals surface area contributed by atoms with Gasteiger partial charge in [0.25, 0.3) is 0 Å². The van der Waals surface area contributed by atoms with E-state index in [9.17, 15) is 4.79 Å². The maximum atomic E-state index is 12.4. The summed E-state index contributed by atoms with van der Waals surface area (Å²) in [6.45, 7) is 6.56. The first-order valence-electron chi connectivity index (χ1n) is 8.42. The van der Waals surface area contributed by atoms with Crippen molar-refractivity contribution in [2.45, 2.75) is 26.2 Å². The summed E-state index contributed by atoms with van der Waals surface area (Å²) in [5.74, 6) is 1.52. The van der Waals surface area contributed by atoms with Crippen molar-refractivity contribution in [1.82, 2.24) is 0 Å². The molecule has 126 valence electrons. The zero-order chi connectivity index (χ0) is 17.9. The summed E-state index contributed by atoms with van der Waals surface area (Å²) in [6.07, 6.45) is 0. The Morgan fingerprint density at radius 2 is 1.16 bits per heavy atom. The summed E-state index contributed by atoms with van der Waals surface area (Å²) in [5, 5.41) is 0. The molecule has 3 rings (SSSR count). The van der Waals surface area contributed by atoms with Gasteiger partial charge in [-0.05, 0) is 47.4 Å². The van der Waals surface area contributed by atoms with Gasteiger partial charge in [-0.2, -0.15) is 0 Å². The number of hydrogen-bond acceptors (Lipinski definition) is 2. The molecule has 0 bridgehead atoms. The van der Waals surface area contributed by atoms with Gasteiger partial charge >= 0.3 is 0 Å². The summed E-state index contributed by atoms with van der Waals surface area (Å²) < 4.78 is 5.88. The first-order valence-corrected chi connectivity index (χ1v) is 8.42. The second kappa shape index (κ2) is 6.94. The van der Waals surface area contributed by atoms with Crippen molar-refractivity contribution >= 4 is 5.78 Å². The molecule has 0 aromatic heterocycles. The number of rotatable bonds is 4. The van der Waals surface area contributed by atoms with Crippen LogP contribution in [0, 0.1) is 0 Å². The Labute approximate surface area is 149 Å². The van der Waals surface area contributed by atoms with Crippen LogP contribution in [0.15, 0.2) is 78.9 Å². The Kier molecular flexibility index (Phi) is 4.71. The Balaban J connectivity index is 1.72. The van der Waals surface area contributed by atoms with Crippen LogP contribution in [-0.2, 0) is 5.41 Å². The number of carbonyl (C=O) groups excluding carboxylic acids is 1. The molecule has 0 aliphatic carbocycles. The van der Waals surface area contributed by atoms with Gasteiger partial charge in [-0.1, -0.05) is 63.2 Å². The molecule has 0 amide bonds. The lowest BCUT2D eigenvalue weighted by atomic mass is 9.87. The van der Waals surface area contributed by atoms with E-state index < -0.39 is 0 Å². The maximum Gasteiger partial charge on any atom is 0.193 e. The highest BCUT2D eigenvalue weighted by Gasteiger charge is 2.13. The molecule has 0 saturated heterocycles. The summed E-state index contributed by atoms with van der Waals surface area (Å²) in [6, 6.07) is 24.7. The summed E-state index contributed by atoms with van der Waals surface area (Å²) in [4.78, 5) is 12.4. The average molecular weight is 330 g/mol. The predicted octanol–water partition coefficient (Wildman–Crippen LogP) is 6.01. The van der Waals surface area contributed by atoms with Crippen LogP contribution in [0.25, 0.3) is 0 Å². The maximum absolute atomic E-state index is 12.4. The third-order valence-electron chi connectivity index (χ3n) is 4.11. The fourth-order valence-electron chi connectivity index (χ4n) is 2.59. The van der Waals surface area contributed by atoms with Crippen molar-refractivity contribution in [3.8, 4) is 11.5 Å². The number of ether oxygens (including phenoxy) is 1. The number of benzene rings is 3. The van der Waals surface area contributed by atoms with E-state index in [1.165, 1.54) is 5.56 Å². The SMILES string of the molecule is CC(C)(C)c1ccc(Oc2ccc(C(=O)c3ccccc3)cc2)cc1. The van der Waals surface area contributed by atoms with Crippen molar-refractivity contribution in [3.05, 3.63) is 95.6 Å². The van der Waals surface area contributed by atoms with Crippen LogP contribution >= 0.6 is 0 Å².